The van der Waals surface area contributed by atoms with Gasteiger partial charge < -0.3 is 10.1 Å². The topological polar surface area (TPSA) is 69.0 Å². The lowest BCUT2D eigenvalue weighted by atomic mass is 9.85. The molecule has 0 spiro atoms. The first kappa shape index (κ1) is 19.8. The molecule has 2 aliphatic rings. The number of hydrogen-bond donors (Lipinski definition) is 1. The summed E-state index contributed by atoms with van der Waals surface area (Å²) in [6.07, 6.45) is 2.14. The van der Waals surface area contributed by atoms with Crippen molar-refractivity contribution in [1.29, 1.82) is 0 Å². The molecule has 31 heavy (non-hydrogen) atoms. The van der Waals surface area contributed by atoms with Gasteiger partial charge in [-0.05, 0) is 42.2 Å². The average Bonchev–Trinajstić information content (AvgIpc) is 3.20. The van der Waals surface area contributed by atoms with Crippen LogP contribution in [0.2, 0.25) is 0 Å². The molecule has 1 atom stereocenters. The van der Waals surface area contributed by atoms with Crippen LogP contribution < -0.4 is 10.1 Å². The highest BCUT2D eigenvalue weighted by Crippen LogP contribution is 2.41. The van der Waals surface area contributed by atoms with Crippen LogP contribution in [0.15, 0.2) is 65.0 Å². The molecule has 1 aliphatic heterocycles. The number of fused-ring (bicyclic) bond motifs is 1. The van der Waals surface area contributed by atoms with E-state index in [9.17, 15) is 9.18 Å². The van der Waals surface area contributed by atoms with Gasteiger partial charge in [0.05, 0.1) is 7.11 Å². The molecule has 6 nitrogen and oxygen atoms in total. The van der Waals surface area contributed by atoms with Crippen molar-refractivity contribution in [3.63, 3.8) is 0 Å². The number of thioether (sulfide) groups is 1. The second-order valence-electron chi connectivity index (χ2n) is 7.52. The molecule has 0 fully saturated rings. The minimum Gasteiger partial charge on any atom is -0.497 e. The van der Waals surface area contributed by atoms with E-state index < -0.39 is 0 Å². The molecule has 8 heteroatoms. The third-order valence-corrected chi connectivity index (χ3v) is 6.46. The number of nitrogens with one attached hydrogen (secondary N) is 1. The highest BCUT2D eigenvalue weighted by Gasteiger charge is 2.37. The number of aromatic nitrogens is 3. The number of benzene rings is 2. The molecule has 1 aromatic heterocycles. The van der Waals surface area contributed by atoms with E-state index in [-0.39, 0.29) is 17.6 Å². The van der Waals surface area contributed by atoms with Gasteiger partial charge in [0.15, 0.2) is 5.78 Å². The van der Waals surface area contributed by atoms with Crippen molar-refractivity contribution in [2.45, 2.75) is 36.2 Å². The van der Waals surface area contributed by atoms with Crippen molar-refractivity contribution in [3.05, 3.63) is 76.7 Å². The minimum absolute atomic E-state index is 0.128. The van der Waals surface area contributed by atoms with Gasteiger partial charge in [-0.1, -0.05) is 42.1 Å². The van der Waals surface area contributed by atoms with Gasteiger partial charge in [-0.15, -0.1) is 5.10 Å². The van der Waals surface area contributed by atoms with Gasteiger partial charge in [0.1, 0.15) is 17.6 Å². The number of methoxy groups -OCH3 is 1. The van der Waals surface area contributed by atoms with Crippen LogP contribution in [-0.2, 0) is 10.5 Å². The molecule has 0 amide bonds. The summed E-state index contributed by atoms with van der Waals surface area (Å²) in [5.41, 5.74) is 3.17. The molecule has 2 aromatic carbocycles. The Balaban J connectivity index is 1.52. The van der Waals surface area contributed by atoms with Crippen LogP contribution in [-0.4, -0.2) is 27.7 Å². The first-order valence-electron chi connectivity index (χ1n) is 10.1. The molecule has 0 unspecified atom stereocenters. The zero-order valence-electron chi connectivity index (χ0n) is 17.0. The summed E-state index contributed by atoms with van der Waals surface area (Å²) >= 11 is 1.37. The Hall–Kier alpha value is -3.13. The van der Waals surface area contributed by atoms with E-state index in [0.29, 0.717) is 28.8 Å². The lowest BCUT2D eigenvalue weighted by Crippen LogP contribution is -2.31. The van der Waals surface area contributed by atoms with E-state index in [4.69, 9.17) is 9.84 Å². The van der Waals surface area contributed by atoms with Crippen LogP contribution in [0.25, 0.3) is 0 Å². The molecular weight excluding hydrogens is 415 g/mol. The molecule has 0 bridgehead atoms. The van der Waals surface area contributed by atoms with Crippen molar-refractivity contribution in [1.82, 2.24) is 14.8 Å². The van der Waals surface area contributed by atoms with Crippen LogP contribution in [0.3, 0.4) is 0 Å². The van der Waals surface area contributed by atoms with E-state index in [1.807, 2.05) is 30.3 Å². The molecule has 3 aromatic rings. The predicted molar refractivity (Wildman–Crippen MR) is 117 cm³/mol. The number of hydrogen-bond acceptors (Lipinski definition) is 6. The fourth-order valence-electron chi connectivity index (χ4n) is 4.08. The van der Waals surface area contributed by atoms with Gasteiger partial charge in [-0.3, -0.25) is 4.79 Å². The monoisotopic (exact) mass is 436 g/mol. The van der Waals surface area contributed by atoms with Gasteiger partial charge in [-0.25, -0.2) is 9.07 Å². The van der Waals surface area contributed by atoms with Crippen LogP contribution in [0.4, 0.5) is 10.3 Å². The molecule has 1 N–H and O–H groups in total. The van der Waals surface area contributed by atoms with Crippen LogP contribution >= 0.6 is 11.8 Å². The molecule has 5 rings (SSSR count). The molecule has 158 valence electrons. The Morgan fingerprint density at radius 1 is 1.23 bits per heavy atom. The summed E-state index contributed by atoms with van der Waals surface area (Å²) in [5, 5.41) is 8.54. The fraction of sp³-hybridized carbons (Fsp3) is 0.261. The van der Waals surface area contributed by atoms with Gasteiger partial charge >= 0.3 is 0 Å². The number of ether oxygens (including phenoxy) is 1. The maximum absolute atomic E-state index is 14.0. The van der Waals surface area contributed by atoms with Crippen molar-refractivity contribution in [2.75, 3.05) is 12.4 Å². The fourth-order valence-corrected chi connectivity index (χ4v) is 4.89. The van der Waals surface area contributed by atoms with Gasteiger partial charge in [-0.2, -0.15) is 4.98 Å². The van der Waals surface area contributed by atoms with Crippen molar-refractivity contribution >= 4 is 23.5 Å². The number of anilines is 1. The largest absolute Gasteiger partial charge is 0.497 e. The third kappa shape index (κ3) is 3.72. The smallest absolute Gasteiger partial charge is 0.227 e. The quantitative estimate of drug-likeness (QED) is 0.583. The Kier molecular flexibility index (Phi) is 5.23. The van der Waals surface area contributed by atoms with E-state index in [0.717, 1.165) is 35.4 Å². The van der Waals surface area contributed by atoms with Crippen molar-refractivity contribution < 1.29 is 13.9 Å². The van der Waals surface area contributed by atoms with E-state index in [1.165, 1.54) is 17.8 Å². The standard InChI is InChI=1S/C23H21FN4O2S/c1-30-16-8-4-7-14(12-16)21-20-18(10-5-11-19(20)29)25-22-26-23(27-28(21)22)31-13-15-6-2-3-9-17(15)24/h2-4,6-9,12,21H,5,10-11,13H2,1H3,(H,25,26,27)/t21-/m1/s1. The SMILES string of the molecule is COc1cccc([C@@H]2C3=C(CCCC3=O)Nc3nc(SCc4ccccc4F)nn32)c1. The maximum atomic E-state index is 14.0. The Labute approximate surface area is 183 Å². The first-order chi connectivity index (χ1) is 15.1. The highest BCUT2D eigenvalue weighted by atomic mass is 32.2. The maximum Gasteiger partial charge on any atom is 0.227 e. The zero-order valence-corrected chi connectivity index (χ0v) is 17.8. The lowest BCUT2D eigenvalue weighted by Gasteiger charge is -2.32. The Morgan fingerprint density at radius 3 is 2.94 bits per heavy atom. The second-order valence-corrected chi connectivity index (χ2v) is 8.46. The van der Waals surface area contributed by atoms with Crippen molar-refractivity contribution in [3.8, 4) is 5.75 Å². The number of allylic oxidation sites excluding steroid dienone is 2. The summed E-state index contributed by atoms with van der Waals surface area (Å²) in [6.45, 7) is 0. The lowest BCUT2D eigenvalue weighted by molar-refractivity contribution is -0.116. The number of halogens is 1. The van der Waals surface area contributed by atoms with E-state index in [2.05, 4.69) is 10.3 Å². The highest BCUT2D eigenvalue weighted by molar-refractivity contribution is 7.98. The first-order valence-corrected chi connectivity index (χ1v) is 11.1. The Morgan fingerprint density at radius 2 is 2.10 bits per heavy atom. The van der Waals surface area contributed by atoms with Gasteiger partial charge in [0.25, 0.3) is 0 Å². The average molecular weight is 437 g/mol. The summed E-state index contributed by atoms with van der Waals surface area (Å²) in [4.78, 5) is 17.5. The summed E-state index contributed by atoms with van der Waals surface area (Å²) in [5.74, 6) is 1.62. The molecular formula is C23H21FN4O2S. The summed E-state index contributed by atoms with van der Waals surface area (Å²) < 4.78 is 21.2. The summed E-state index contributed by atoms with van der Waals surface area (Å²) in [6, 6.07) is 14.0. The zero-order chi connectivity index (χ0) is 21.4. The van der Waals surface area contributed by atoms with E-state index >= 15 is 0 Å². The third-order valence-electron chi connectivity index (χ3n) is 5.57. The molecule has 1 aliphatic carbocycles. The number of Topliss-reactive ketones (excluding diaryl/α,β-unsaturated/α-hetero) is 1. The van der Waals surface area contributed by atoms with Crippen molar-refractivity contribution in [2.24, 2.45) is 0 Å². The number of rotatable bonds is 5. The van der Waals surface area contributed by atoms with Crippen LogP contribution in [0.5, 0.6) is 5.75 Å². The Bertz CT molecular complexity index is 1190. The van der Waals surface area contributed by atoms with E-state index in [1.54, 1.807) is 23.9 Å². The van der Waals surface area contributed by atoms with Crippen LogP contribution in [0, 0.1) is 5.82 Å². The number of carbonyl (C=O) groups excluding carboxylic acids is 1. The molecule has 0 saturated carbocycles. The van der Waals surface area contributed by atoms with Gasteiger partial charge in [0.2, 0.25) is 11.1 Å². The molecule has 0 radical (unpaired) electrons. The molecule has 0 saturated heterocycles. The predicted octanol–water partition coefficient (Wildman–Crippen LogP) is 4.74. The summed E-state index contributed by atoms with van der Waals surface area (Å²) in [7, 11) is 1.62. The minimum atomic E-state index is -0.371. The molecule has 2 heterocycles. The normalized spacial score (nSPS) is 17.7. The van der Waals surface area contributed by atoms with Gasteiger partial charge in [0, 0.05) is 23.4 Å². The number of ketones is 1. The number of carbonyl (C=O) groups is 1. The number of nitrogens with zero attached hydrogens (tertiary/aromatic N) is 3. The van der Waals surface area contributed by atoms with Crippen LogP contribution in [0.1, 0.15) is 36.4 Å². The second kappa shape index (κ2) is 8.19.